The highest BCUT2D eigenvalue weighted by atomic mass is 32.2. The third-order valence-corrected chi connectivity index (χ3v) is 6.35. The van der Waals surface area contributed by atoms with Crippen molar-refractivity contribution in [2.45, 2.75) is 50.3 Å². The number of benzene rings is 2. The van der Waals surface area contributed by atoms with Gasteiger partial charge < -0.3 is 4.74 Å². The first-order valence-corrected chi connectivity index (χ1v) is 12.0. The fraction of sp³-hybridized carbons (Fsp3) is 0.375. The molecule has 1 atom stereocenters. The largest absolute Gasteiger partial charge is 0.491 e. The highest BCUT2D eigenvalue weighted by Gasteiger charge is 2.37. The Kier molecular flexibility index (Phi) is 9.72. The van der Waals surface area contributed by atoms with Crippen molar-refractivity contribution in [2.24, 2.45) is 0 Å². The van der Waals surface area contributed by atoms with Crippen LogP contribution < -0.4 is 10.2 Å². The van der Waals surface area contributed by atoms with Crippen molar-refractivity contribution in [1.82, 2.24) is 9.79 Å². The molecule has 0 aliphatic rings. The lowest BCUT2D eigenvalue weighted by Crippen LogP contribution is -2.50. The molecule has 2 rings (SSSR count). The van der Waals surface area contributed by atoms with Gasteiger partial charge in [-0.15, -0.1) is 0 Å². The summed E-state index contributed by atoms with van der Waals surface area (Å²) < 4.78 is 59.7. The van der Waals surface area contributed by atoms with Crippen LogP contribution in [0, 0.1) is 0 Å². The van der Waals surface area contributed by atoms with Crippen molar-refractivity contribution in [2.75, 3.05) is 13.3 Å². The van der Waals surface area contributed by atoms with Gasteiger partial charge in [-0.25, -0.2) is 22.7 Å². The SMILES string of the molecule is C=C(F)C[C@@H](C(=O)NOC(C)(C)C)N(Cc1ccccc1)S(=O)(=O)c1ccc(OCCF)cc1. The molecule has 0 aliphatic carbocycles. The maximum atomic E-state index is 14.0. The van der Waals surface area contributed by atoms with Gasteiger partial charge in [-0.1, -0.05) is 36.9 Å². The first kappa shape index (κ1) is 27.4. The minimum atomic E-state index is -4.30. The standard InChI is InChI=1S/C24H30F2N2O5S/c1-18(26)16-22(23(29)27-33-24(2,3)4)28(17-19-8-6-5-7-9-19)34(30,31)21-12-10-20(11-13-21)32-15-14-25/h5-13,22H,1,14-17H2,2-4H3,(H,27,29)/t22-/m0/s1. The molecule has 0 saturated carbocycles. The zero-order valence-corrected chi connectivity index (χ0v) is 20.3. The van der Waals surface area contributed by atoms with Crippen LogP contribution in [0.1, 0.15) is 32.8 Å². The van der Waals surface area contributed by atoms with E-state index in [4.69, 9.17) is 9.57 Å². The monoisotopic (exact) mass is 496 g/mol. The van der Waals surface area contributed by atoms with Crippen molar-refractivity contribution in [3.05, 3.63) is 72.6 Å². The zero-order valence-electron chi connectivity index (χ0n) is 19.5. The summed E-state index contributed by atoms with van der Waals surface area (Å²) in [6, 6.07) is 12.5. The second-order valence-electron chi connectivity index (χ2n) is 8.46. The first-order valence-electron chi connectivity index (χ1n) is 10.6. The summed E-state index contributed by atoms with van der Waals surface area (Å²) in [7, 11) is -4.30. The normalized spacial score (nSPS) is 12.9. The van der Waals surface area contributed by atoms with Crippen molar-refractivity contribution in [1.29, 1.82) is 0 Å². The third-order valence-electron chi connectivity index (χ3n) is 4.48. The number of sulfonamides is 1. The second-order valence-corrected chi connectivity index (χ2v) is 10.4. The maximum absolute atomic E-state index is 14.0. The van der Waals surface area contributed by atoms with Crippen molar-refractivity contribution in [3.8, 4) is 5.75 Å². The van der Waals surface area contributed by atoms with E-state index in [1.54, 1.807) is 51.1 Å². The Bertz CT molecular complexity index is 1060. The van der Waals surface area contributed by atoms with Gasteiger partial charge in [0.25, 0.3) is 5.91 Å². The van der Waals surface area contributed by atoms with Gasteiger partial charge in [0.15, 0.2) is 0 Å². The zero-order chi connectivity index (χ0) is 25.4. The number of halogens is 2. The van der Waals surface area contributed by atoms with E-state index in [1.807, 2.05) is 0 Å². The van der Waals surface area contributed by atoms with Crippen LogP contribution in [0.3, 0.4) is 0 Å². The van der Waals surface area contributed by atoms with Crippen LogP contribution in [-0.4, -0.2) is 43.6 Å². The summed E-state index contributed by atoms with van der Waals surface area (Å²) in [4.78, 5) is 18.2. The predicted molar refractivity (Wildman–Crippen MR) is 125 cm³/mol. The molecule has 186 valence electrons. The number of carbonyl (C=O) groups excluding carboxylic acids is 1. The quantitative estimate of drug-likeness (QED) is 0.443. The van der Waals surface area contributed by atoms with E-state index in [1.165, 1.54) is 24.3 Å². The summed E-state index contributed by atoms with van der Waals surface area (Å²) in [5.41, 5.74) is 2.07. The highest BCUT2D eigenvalue weighted by molar-refractivity contribution is 7.89. The van der Waals surface area contributed by atoms with E-state index in [9.17, 15) is 22.0 Å². The molecule has 1 N–H and O–H groups in total. The van der Waals surface area contributed by atoms with Crippen molar-refractivity contribution >= 4 is 15.9 Å². The van der Waals surface area contributed by atoms with Gasteiger partial charge in [0, 0.05) is 13.0 Å². The minimum Gasteiger partial charge on any atom is -0.491 e. The summed E-state index contributed by atoms with van der Waals surface area (Å²) in [6.45, 7) is 7.24. The second kappa shape index (κ2) is 12.0. The maximum Gasteiger partial charge on any atom is 0.262 e. The molecule has 1 amide bonds. The molecule has 10 heteroatoms. The smallest absolute Gasteiger partial charge is 0.262 e. The lowest BCUT2D eigenvalue weighted by atomic mass is 10.1. The summed E-state index contributed by atoms with van der Waals surface area (Å²) in [5.74, 6) is -1.41. The number of carbonyl (C=O) groups is 1. The van der Waals surface area contributed by atoms with Gasteiger partial charge in [-0.3, -0.25) is 9.63 Å². The van der Waals surface area contributed by atoms with Crippen LogP contribution >= 0.6 is 0 Å². The Morgan fingerprint density at radius 3 is 2.26 bits per heavy atom. The molecule has 0 heterocycles. The van der Waals surface area contributed by atoms with Gasteiger partial charge in [0.2, 0.25) is 10.0 Å². The van der Waals surface area contributed by atoms with Crippen molar-refractivity contribution < 1.29 is 31.6 Å². The number of hydroxylamine groups is 1. The molecule has 0 radical (unpaired) electrons. The van der Waals surface area contributed by atoms with Crippen LogP contribution in [0.25, 0.3) is 0 Å². The Morgan fingerprint density at radius 2 is 1.74 bits per heavy atom. The van der Waals surface area contributed by atoms with E-state index in [2.05, 4.69) is 12.1 Å². The summed E-state index contributed by atoms with van der Waals surface area (Å²) in [5, 5.41) is 0. The Balaban J connectivity index is 2.48. The number of hydrogen-bond donors (Lipinski definition) is 1. The highest BCUT2D eigenvalue weighted by Crippen LogP contribution is 2.26. The predicted octanol–water partition coefficient (Wildman–Crippen LogP) is 4.31. The Labute approximate surface area is 199 Å². The number of alkyl halides is 1. The average Bonchev–Trinajstić information content (AvgIpc) is 2.78. The first-order chi connectivity index (χ1) is 15.9. The molecule has 7 nitrogen and oxygen atoms in total. The molecule has 34 heavy (non-hydrogen) atoms. The molecule has 0 saturated heterocycles. The van der Waals surface area contributed by atoms with E-state index in [0.717, 1.165) is 4.31 Å². The number of hydrogen-bond acceptors (Lipinski definition) is 5. The number of nitrogens with one attached hydrogen (secondary N) is 1. The van der Waals surface area contributed by atoms with Gasteiger partial charge in [-0.05, 0) is 50.6 Å². The molecule has 0 aromatic heterocycles. The molecule has 2 aromatic rings. The molecule has 0 bridgehead atoms. The number of ether oxygens (including phenoxy) is 1. The molecule has 2 aromatic carbocycles. The topological polar surface area (TPSA) is 84.9 Å². The van der Waals surface area contributed by atoms with Gasteiger partial charge in [0.1, 0.15) is 25.1 Å². The lowest BCUT2D eigenvalue weighted by Gasteiger charge is -2.31. The van der Waals surface area contributed by atoms with Crippen molar-refractivity contribution in [3.63, 3.8) is 0 Å². The van der Waals surface area contributed by atoms with Gasteiger partial charge in [0.05, 0.1) is 16.3 Å². The van der Waals surface area contributed by atoms with Gasteiger partial charge in [-0.2, -0.15) is 4.31 Å². The van der Waals surface area contributed by atoms with Crippen LogP contribution in [0.4, 0.5) is 8.78 Å². The molecule has 0 spiro atoms. The Morgan fingerprint density at radius 1 is 1.12 bits per heavy atom. The third kappa shape index (κ3) is 8.19. The van der Waals surface area contributed by atoms with E-state index < -0.39 is 46.5 Å². The fourth-order valence-electron chi connectivity index (χ4n) is 2.93. The van der Waals surface area contributed by atoms with Crippen LogP contribution in [-0.2, 0) is 26.2 Å². The lowest BCUT2D eigenvalue weighted by molar-refractivity contribution is -0.149. The molecular formula is C24H30F2N2O5S. The minimum absolute atomic E-state index is 0.143. The average molecular weight is 497 g/mol. The molecule has 0 unspecified atom stereocenters. The van der Waals surface area contributed by atoms with Crippen LogP contribution in [0.15, 0.2) is 71.9 Å². The Hall–Kier alpha value is -2.82. The van der Waals surface area contributed by atoms with Crippen LogP contribution in [0.2, 0.25) is 0 Å². The number of rotatable bonds is 12. The molecule has 0 fully saturated rings. The summed E-state index contributed by atoms with van der Waals surface area (Å²) in [6.07, 6.45) is -0.566. The molecule has 0 aliphatic heterocycles. The number of amides is 1. The fourth-order valence-corrected chi connectivity index (χ4v) is 4.51. The van der Waals surface area contributed by atoms with Crippen LogP contribution in [0.5, 0.6) is 5.75 Å². The summed E-state index contributed by atoms with van der Waals surface area (Å²) >= 11 is 0. The van der Waals surface area contributed by atoms with Gasteiger partial charge >= 0.3 is 0 Å². The van der Waals surface area contributed by atoms with E-state index in [-0.39, 0.29) is 23.8 Å². The number of nitrogens with zero attached hydrogens (tertiary/aromatic N) is 1. The molecular weight excluding hydrogens is 466 g/mol. The van der Waals surface area contributed by atoms with E-state index in [0.29, 0.717) is 5.56 Å². The van der Waals surface area contributed by atoms with E-state index >= 15 is 0 Å².